The zero-order valence-electron chi connectivity index (χ0n) is 28.5. The molecule has 1 aliphatic heterocycles. The number of aliphatic hydroxyl groups excluding tert-OH is 1. The molecule has 0 aromatic rings. The van der Waals surface area contributed by atoms with Crippen LogP contribution in [-0.2, 0) is 14.6 Å². The maximum atomic E-state index is 11.8. The van der Waals surface area contributed by atoms with Gasteiger partial charge in [-0.2, -0.15) is 8.42 Å². The Morgan fingerprint density at radius 1 is 0.977 bits per heavy atom. The molecule has 0 radical (unpaired) electrons. The normalized spacial score (nSPS) is 41.4. The van der Waals surface area contributed by atoms with Crippen molar-refractivity contribution in [2.75, 3.05) is 39.3 Å². The molecule has 5 fully saturated rings. The zero-order chi connectivity index (χ0) is 31.7. The van der Waals surface area contributed by atoms with Crippen LogP contribution in [0, 0.1) is 52.3 Å². The molecule has 44 heavy (non-hydrogen) atoms. The van der Waals surface area contributed by atoms with Crippen molar-refractivity contribution in [3.8, 4) is 0 Å². The quantitative estimate of drug-likeness (QED) is 0.163. The van der Waals surface area contributed by atoms with Gasteiger partial charge in [0.15, 0.2) is 0 Å². The first-order chi connectivity index (χ1) is 20.8. The van der Waals surface area contributed by atoms with Gasteiger partial charge >= 0.3 is 10.4 Å². The number of nitrogens with one attached hydrogen (secondary N) is 2. The molecule has 3 unspecified atom stereocenters. The van der Waals surface area contributed by atoms with Gasteiger partial charge in [0.05, 0.1) is 12.2 Å². The van der Waals surface area contributed by atoms with Crippen molar-refractivity contribution in [1.82, 2.24) is 15.5 Å². The van der Waals surface area contributed by atoms with E-state index in [-0.39, 0.29) is 17.4 Å². The van der Waals surface area contributed by atoms with Gasteiger partial charge in [-0.1, -0.05) is 34.6 Å². The average Bonchev–Trinajstić information content (AvgIpc) is 3.11. The number of fused-ring (bicyclic) bond motifs is 5. The molecule has 0 spiro atoms. The van der Waals surface area contributed by atoms with Crippen molar-refractivity contribution in [3.05, 3.63) is 0 Å². The lowest BCUT2D eigenvalue weighted by molar-refractivity contribution is -0.167. The molecule has 4 aliphatic carbocycles. The highest BCUT2D eigenvalue weighted by Crippen LogP contribution is 2.68. The van der Waals surface area contributed by atoms with E-state index in [2.05, 4.69) is 36.3 Å². The third-order valence-electron chi connectivity index (χ3n) is 13.9. The maximum Gasteiger partial charge on any atom is 0.397 e. The molecule has 8 nitrogen and oxygen atoms in total. The fraction of sp³-hybridized carbons (Fsp3) is 1.00. The number of hydrogen-bond acceptors (Lipinski definition) is 7. The third-order valence-corrected chi connectivity index (χ3v) is 14.3. The summed E-state index contributed by atoms with van der Waals surface area (Å²) in [7, 11) is -4.45. The number of rotatable bonds is 12. The van der Waals surface area contributed by atoms with Crippen LogP contribution in [0.15, 0.2) is 0 Å². The highest BCUT2D eigenvalue weighted by atomic mass is 32.3. The van der Waals surface area contributed by atoms with Crippen LogP contribution in [0.5, 0.6) is 0 Å². The minimum absolute atomic E-state index is 0.0183. The number of hydrogen-bond donors (Lipinski definition) is 4. The van der Waals surface area contributed by atoms with Crippen LogP contribution in [0.1, 0.15) is 112 Å². The zero-order valence-corrected chi connectivity index (χ0v) is 29.3. The van der Waals surface area contributed by atoms with E-state index < -0.39 is 16.5 Å². The van der Waals surface area contributed by atoms with Gasteiger partial charge in [0.1, 0.15) is 0 Å². The summed E-state index contributed by atoms with van der Waals surface area (Å²) in [6, 6.07) is 0.590. The van der Waals surface area contributed by atoms with E-state index in [1.807, 2.05) is 13.8 Å². The smallest absolute Gasteiger partial charge is 0.393 e. The van der Waals surface area contributed by atoms with Gasteiger partial charge in [-0.15, -0.1) is 0 Å². The Bertz CT molecular complexity index is 1040. The maximum absolute atomic E-state index is 11.8. The SMILES string of the molecule is CC(C)[C@@H](CC[C@@H](C)[C@H]1CCC2C3C(CC[C@@]21C)[C@@]1(C)CC[C@H](NCCCN2CCCNCC2)C[C@@H]1C[C@H]3O)OS(=O)(=O)O. The molecule has 0 amide bonds. The van der Waals surface area contributed by atoms with E-state index in [4.69, 9.17) is 4.18 Å². The second-order valence-electron chi connectivity index (χ2n) is 16.6. The summed E-state index contributed by atoms with van der Waals surface area (Å²) in [6.45, 7) is 18.3. The monoisotopic (exact) mass is 639 g/mol. The lowest BCUT2D eigenvalue weighted by atomic mass is 9.43. The van der Waals surface area contributed by atoms with Gasteiger partial charge in [-0.05, 0) is 155 Å². The Morgan fingerprint density at radius 3 is 2.48 bits per heavy atom. The minimum atomic E-state index is -4.45. The second kappa shape index (κ2) is 14.4. The molecule has 5 aliphatic rings. The van der Waals surface area contributed by atoms with Gasteiger partial charge in [0.25, 0.3) is 0 Å². The van der Waals surface area contributed by atoms with Gasteiger partial charge in [0.2, 0.25) is 0 Å². The molecule has 4 N–H and O–H groups in total. The van der Waals surface area contributed by atoms with Crippen LogP contribution in [0.2, 0.25) is 0 Å². The highest BCUT2D eigenvalue weighted by molar-refractivity contribution is 7.80. The van der Waals surface area contributed by atoms with Crippen LogP contribution in [0.25, 0.3) is 0 Å². The lowest BCUT2D eigenvalue weighted by Crippen LogP contribution is -2.59. The first kappa shape index (κ1) is 35.0. The Morgan fingerprint density at radius 2 is 1.73 bits per heavy atom. The Balaban J connectivity index is 1.15. The van der Waals surface area contributed by atoms with Gasteiger partial charge in [-0.25, -0.2) is 4.18 Å². The summed E-state index contributed by atoms with van der Waals surface area (Å²) in [4.78, 5) is 2.61. The predicted octanol–water partition coefficient (Wildman–Crippen LogP) is 5.52. The summed E-state index contributed by atoms with van der Waals surface area (Å²) in [6.07, 6.45) is 12.9. The Kier molecular flexibility index (Phi) is 11.5. The number of aliphatic hydroxyl groups is 1. The van der Waals surface area contributed by atoms with Crippen molar-refractivity contribution < 1.29 is 22.3 Å². The van der Waals surface area contributed by atoms with Crippen LogP contribution in [0.3, 0.4) is 0 Å². The second-order valence-corrected chi connectivity index (χ2v) is 17.7. The molecule has 4 saturated carbocycles. The lowest BCUT2D eigenvalue weighted by Gasteiger charge is -2.62. The van der Waals surface area contributed by atoms with Crippen LogP contribution in [0.4, 0.5) is 0 Å². The molecule has 9 heteroatoms. The van der Waals surface area contributed by atoms with Crippen LogP contribution in [-0.4, -0.2) is 80.5 Å². The Hall–Kier alpha value is -0.290. The first-order valence-electron chi connectivity index (χ1n) is 18.3. The largest absolute Gasteiger partial charge is 0.397 e. The number of nitrogens with zero attached hydrogens (tertiary/aromatic N) is 1. The highest BCUT2D eigenvalue weighted by Gasteiger charge is 2.62. The van der Waals surface area contributed by atoms with Crippen molar-refractivity contribution >= 4 is 10.4 Å². The molecule has 1 saturated heterocycles. The van der Waals surface area contributed by atoms with E-state index >= 15 is 0 Å². The molecule has 256 valence electrons. The molecule has 11 atom stereocenters. The van der Waals surface area contributed by atoms with E-state index in [1.54, 1.807) is 0 Å². The molecule has 1 heterocycles. The molecule has 0 bridgehead atoms. The topological polar surface area (TPSA) is 111 Å². The third kappa shape index (κ3) is 7.71. The molecule has 0 aromatic carbocycles. The summed E-state index contributed by atoms with van der Waals surface area (Å²) >= 11 is 0. The summed E-state index contributed by atoms with van der Waals surface area (Å²) in [5, 5.41) is 19.3. The van der Waals surface area contributed by atoms with E-state index in [1.165, 1.54) is 77.4 Å². The summed E-state index contributed by atoms with van der Waals surface area (Å²) in [5.41, 5.74) is 0.563. The molecular weight excluding hydrogens is 574 g/mol. The average molecular weight is 640 g/mol. The van der Waals surface area contributed by atoms with Crippen LogP contribution < -0.4 is 10.6 Å². The van der Waals surface area contributed by atoms with Gasteiger partial charge < -0.3 is 20.6 Å². The van der Waals surface area contributed by atoms with Crippen molar-refractivity contribution in [2.24, 2.45) is 52.3 Å². The predicted molar refractivity (Wildman–Crippen MR) is 177 cm³/mol. The fourth-order valence-electron chi connectivity index (χ4n) is 11.4. The summed E-state index contributed by atoms with van der Waals surface area (Å²) < 4.78 is 37.2. The van der Waals surface area contributed by atoms with Crippen molar-refractivity contribution in [2.45, 2.75) is 130 Å². The van der Waals surface area contributed by atoms with E-state index in [0.29, 0.717) is 53.4 Å². The van der Waals surface area contributed by atoms with E-state index in [0.717, 1.165) is 32.5 Å². The van der Waals surface area contributed by atoms with E-state index in [9.17, 15) is 18.1 Å². The van der Waals surface area contributed by atoms with Crippen molar-refractivity contribution in [3.63, 3.8) is 0 Å². The van der Waals surface area contributed by atoms with Gasteiger partial charge in [-0.3, -0.25) is 4.55 Å². The molecule has 5 rings (SSSR count). The Labute approximate surface area is 269 Å². The standard InChI is InChI=1S/C35H65N3O5S/c1-24(2)32(43-44(40,41)42)11-8-25(3)28-9-10-29-33-30(13-15-35(28,29)5)34(4)14-12-27(22-26(34)23-31(33)39)37-17-7-20-38-19-6-16-36-18-21-38/h24-33,36-37,39H,6-23H2,1-5H3,(H,40,41,42)/t25-,26-,27+,28-,29?,30?,31-,32-,33?,34+,35-/m1/s1. The first-order valence-corrected chi connectivity index (χ1v) is 19.7. The summed E-state index contributed by atoms with van der Waals surface area (Å²) in [5.74, 6) is 3.26. The fourth-order valence-corrected chi connectivity index (χ4v) is 12.0. The molecular formula is C35H65N3O5S. The molecule has 0 aromatic heterocycles. The van der Waals surface area contributed by atoms with Gasteiger partial charge in [0, 0.05) is 19.1 Å². The van der Waals surface area contributed by atoms with Crippen molar-refractivity contribution in [1.29, 1.82) is 0 Å². The van der Waals surface area contributed by atoms with Crippen LogP contribution >= 0.6 is 0 Å². The minimum Gasteiger partial charge on any atom is -0.393 e.